The van der Waals surface area contributed by atoms with Gasteiger partial charge in [0.15, 0.2) is 0 Å². The Balaban J connectivity index is 2.08. The van der Waals surface area contributed by atoms with Crippen molar-refractivity contribution < 1.29 is 4.74 Å². The van der Waals surface area contributed by atoms with Crippen molar-refractivity contribution in [3.05, 3.63) is 29.3 Å². The Bertz CT molecular complexity index is 375. The van der Waals surface area contributed by atoms with Gasteiger partial charge in [-0.3, -0.25) is 0 Å². The molecule has 0 bridgehead atoms. The highest BCUT2D eigenvalue weighted by Gasteiger charge is 2.25. The average molecular weight is 233 g/mol. The van der Waals surface area contributed by atoms with Gasteiger partial charge in [0.1, 0.15) is 11.9 Å². The van der Waals surface area contributed by atoms with E-state index in [9.17, 15) is 0 Å². The molecule has 2 unspecified atom stereocenters. The highest BCUT2D eigenvalue weighted by Crippen LogP contribution is 2.29. The van der Waals surface area contributed by atoms with Crippen LogP contribution < -0.4 is 10.5 Å². The molecule has 2 N–H and O–H groups in total. The summed E-state index contributed by atoms with van der Waals surface area (Å²) < 4.78 is 6.16. The summed E-state index contributed by atoms with van der Waals surface area (Å²) in [5, 5.41) is 0. The van der Waals surface area contributed by atoms with Crippen LogP contribution in [0, 0.1) is 19.8 Å². The van der Waals surface area contributed by atoms with Crippen LogP contribution in [0.3, 0.4) is 0 Å². The third-order valence-corrected chi connectivity index (χ3v) is 3.75. The van der Waals surface area contributed by atoms with Gasteiger partial charge in [0, 0.05) is 5.92 Å². The summed E-state index contributed by atoms with van der Waals surface area (Å²) in [6, 6.07) is 6.38. The minimum absolute atomic E-state index is 0.315. The molecule has 17 heavy (non-hydrogen) atoms. The predicted molar refractivity (Wildman–Crippen MR) is 71.3 cm³/mol. The van der Waals surface area contributed by atoms with Crippen molar-refractivity contribution >= 4 is 0 Å². The van der Waals surface area contributed by atoms with Crippen molar-refractivity contribution in [1.82, 2.24) is 0 Å². The summed E-state index contributed by atoms with van der Waals surface area (Å²) in [7, 11) is 0. The second-order valence-corrected chi connectivity index (χ2v) is 5.21. The molecule has 1 aromatic rings. The van der Waals surface area contributed by atoms with Gasteiger partial charge in [0.25, 0.3) is 0 Å². The van der Waals surface area contributed by atoms with Crippen LogP contribution >= 0.6 is 0 Å². The molecule has 2 atom stereocenters. The number of hydrogen-bond donors (Lipinski definition) is 1. The molecule has 94 valence electrons. The molecule has 0 heterocycles. The van der Waals surface area contributed by atoms with E-state index in [4.69, 9.17) is 10.5 Å². The second kappa shape index (κ2) is 5.54. The minimum Gasteiger partial charge on any atom is -0.490 e. The van der Waals surface area contributed by atoms with Crippen LogP contribution in [0.4, 0.5) is 0 Å². The lowest BCUT2D eigenvalue weighted by Gasteiger charge is -2.31. The van der Waals surface area contributed by atoms with Crippen molar-refractivity contribution in [2.24, 2.45) is 11.7 Å². The SMILES string of the molecule is Cc1ccc(OC2CCCCC2CN)c(C)c1. The Morgan fingerprint density at radius 3 is 2.71 bits per heavy atom. The van der Waals surface area contributed by atoms with Gasteiger partial charge in [-0.2, -0.15) is 0 Å². The van der Waals surface area contributed by atoms with E-state index in [0.717, 1.165) is 18.7 Å². The van der Waals surface area contributed by atoms with E-state index in [2.05, 4.69) is 32.0 Å². The Morgan fingerprint density at radius 2 is 2.00 bits per heavy atom. The lowest BCUT2D eigenvalue weighted by molar-refractivity contribution is 0.0963. The third-order valence-electron chi connectivity index (χ3n) is 3.75. The highest BCUT2D eigenvalue weighted by molar-refractivity contribution is 5.35. The molecule has 2 rings (SSSR count). The van der Waals surface area contributed by atoms with Gasteiger partial charge < -0.3 is 10.5 Å². The molecule has 0 spiro atoms. The summed E-state index contributed by atoms with van der Waals surface area (Å²) in [6.45, 7) is 4.97. The number of aryl methyl sites for hydroxylation is 2. The molecule has 1 saturated carbocycles. The van der Waals surface area contributed by atoms with Crippen molar-refractivity contribution in [2.45, 2.75) is 45.6 Å². The average Bonchev–Trinajstić information content (AvgIpc) is 2.33. The third kappa shape index (κ3) is 3.01. The molecule has 1 aliphatic carbocycles. The van der Waals surface area contributed by atoms with E-state index in [0.29, 0.717) is 12.0 Å². The Labute approximate surface area is 104 Å². The first kappa shape index (κ1) is 12.4. The van der Waals surface area contributed by atoms with E-state index in [1.54, 1.807) is 0 Å². The molecule has 0 aliphatic heterocycles. The first-order valence-electron chi connectivity index (χ1n) is 6.64. The van der Waals surface area contributed by atoms with E-state index in [1.165, 1.54) is 30.4 Å². The molecular formula is C15H23NO. The summed E-state index contributed by atoms with van der Waals surface area (Å²) in [5.41, 5.74) is 8.34. The highest BCUT2D eigenvalue weighted by atomic mass is 16.5. The fraction of sp³-hybridized carbons (Fsp3) is 0.600. The zero-order valence-corrected chi connectivity index (χ0v) is 10.9. The van der Waals surface area contributed by atoms with Gasteiger partial charge in [-0.05, 0) is 51.3 Å². The van der Waals surface area contributed by atoms with E-state index in [-0.39, 0.29) is 0 Å². The Hall–Kier alpha value is -1.02. The second-order valence-electron chi connectivity index (χ2n) is 5.21. The Kier molecular flexibility index (Phi) is 4.06. The first-order chi connectivity index (χ1) is 8.20. The maximum Gasteiger partial charge on any atom is 0.122 e. The largest absolute Gasteiger partial charge is 0.490 e. The molecule has 1 aromatic carbocycles. The van der Waals surface area contributed by atoms with Crippen LogP contribution in [-0.2, 0) is 0 Å². The predicted octanol–water partition coefficient (Wildman–Crippen LogP) is 3.20. The van der Waals surface area contributed by atoms with Crippen molar-refractivity contribution in [1.29, 1.82) is 0 Å². The fourth-order valence-electron chi connectivity index (χ4n) is 2.69. The quantitative estimate of drug-likeness (QED) is 0.870. The van der Waals surface area contributed by atoms with Crippen LogP contribution in [0.25, 0.3) is 0 Å². The summed E-state index contributed by atoms with van der Waals surface area (Å²) in [5.74, 6) is 1.56. The number of ether oxygens (including phenoxy) is 1. The van der Waals surface area contributed by atoms with Crippen LogP contribution in [0.15, 0.2) is 18.2 Å². The van der Waals surface area contributed by atoms with Gasteiger partial charge in [-0.1, -0.05) is 24.1 Å². The number of rotatable bonds is 3. The van der Waals surface area contributed by atoms with Crippen molar-refractivity contribution in [2.75, 3.05) is 6.54 Å². The van der Waals surface area contributed by atoms with E-state index >= 15 is 0 Å². The zero-order chi connectivity index (χ0) is 12.3. The molecule has 2 heteroatoms. The first-order valence-corrected chi connectivity index (χ1v) is 6.64. The van der Waals surface area contributed by atoms with E-state index in [1.807, 2.05) is 0 Å². The lowest BCUT2D eigenvalue weighted by atomic mass is 9.86. The van der Waals surface area contributed by atoms with Gasteiger partial charge in [0.05, 0.1) is 0 Å². The van der Waals surface area contributed by atoms with E-state index < -0.39 is 0 Å². The lowest BCUT2D eigenvalue weighted by Crippen LogP contribution is -2.35. The zero-order valence-electron chi connectivity index (χ0n) is 10.9. The molecule has 1 aliphatic rings. The van der Waals surface area contributed by atoms with Gasteiger partial charge in [0.2, 0.25) is 0 Å². The summed E-state index contributed by atoms with van der Waals surface area (Å²) in [6.07, 6.45) is 5.25. The smallest absolute Gasteiger partial charge is 0.122 e. The van der Waals surface area contributed by atoms with Gasteiger partial charge in [-0.25, -0.2) is 0 Å². The molecule has 0 aromatic heterocycles. The van der Waals surface area contributed by atoms with Crippen molar-refractivity contribution in [3.63, 3.8) is 0 Å². The molecule has 0 saturated heterocycles. The molecule has 0 amide bonds. The fourth-order valence-corrected chi connectivity index (χ4v) is 2.69. The van der Waals surface area contributed by atoms with Crippen LogP contribution in [0.5, 0.6) is 5.75 Å². The van der Waals surface area contributed by atoms with Gasteiger partial charge in [-0.15, -0.1) is 0 Å². The molecular weight excluding hydrogens is 210 g/mol. The Morgan fingerprint density at radius 1 is 1.24 bits per heavy atom. The maximum absolute atomic E-state index is 6.16. The normalized spacial score (nSPS) is 24.6. The van der Waals surface area contributed by atoms with Crippen LogP contribution in [0.1, 0.15) is 36.8 Å². The number of hydrogen-bond acceptors (Lipinski definition) is 2. The number of benzene rings is 1. The molecule has 1 fully saturated rings. The standard InChI is InChI=1S/C15H23NO/c1-11-7-8-14(12(2)9-11)17-15-6-4-3-5-13(15)10-16/h7-9,13,15H,3-6,10,16H2,1-2H3. The number of nitrogens with two attached hydrogens (primary N) is 1. The van der Waals surface area contributed by atoms with Gasteiger partial charge >= 0.3 is 0 Å². The molecule has 0 radical (unpaired) electrons. The molecule has 2 nitrogen and oxygen atoms in total. The van der Waals surface area contributed by atoms with Crippen LogP contribution in [-0.4, -0.2) is 12.6 Å². The van der Waals surface area contributed by atoms with Crippen LogP contribution in [0.2, 0.25) is 0 Å². The summed E-state index contributed by atoms with van der Waals surface area (Å²) >= 11 is 0. The minimum atomic E-state index is 0.315. The topological polar surface area (TPSA) is 35.2 Å². The maximum atomic E-state index is 6.16. The summed E-state index contributed by atoms with van der Waals surface area (Å²) in [4.78, 5) is 0. The van der Waals surface area contributed by atoms with Crippen molar-refractivity contribution in [3.8, 4) is 5.75 Å². The monoisotopic (exact) mass is 233 g/mol.